The van der Waals surface area contributed by atoms with E-state index in [1.165, 1.54) is 11.1 Å². The average Bonchev–Trinajstić information content (AvgIpc) is 2.16. The van der Waals surface area contributed by atoms with Crippen LogP contribution >= 0.6 is 15.9 Å². The lowest BCUT2D eigenvalue weighted by molar-refractivity contribution is 0.411. The molecule has 1 nitrogen and oxygen atoms in total. The van der Waals surface area contributed by atoms with Crippen LogP contribution in [0.5, 0.6) is 5.75 Å². The van der Waals surface area contributed by atoms with Crippen molar-refractivity contribution in [2.75, 3.05) is 7.11 Å². The Morgan fingerprint density at radius 3 is 2.47 bits per heavy atom. The molecule has 15 heavy (non-hydrogen) atoms. The number of alkyl halides is 1. The zero-order valence-electron chi connectivity index (χ0n) is 9.88. The van der Waals surface area contributed by atoms with Gasteiger partial charge in [0.2, 0.25) is 0 Å². The summed E-state index contributed by atoms with van der Waals surface area (Å²) in [5.74, 6) is 1.67. The Bertz CT molecular complexity index is 320. The van der Waals surface area contributed by atoms with Crippen molar-refractivity contribution in [1.29, 1.82) is 0 Å². The first-order valence-electron chi connectivity index (χ1n) is 5.33. The van der Waals surface area contributed by atoms with Crippen LogP contribution in [0.1, 0.15) is 36.2 Å². The van der Waals surface area contributed by atoms with Crippen molar-refractivity contribution in [3.63, 3.8) is 0 Å². The molecule has 0 aliphatic heterocycles. The molecule has 0 fully saturated rings. The highest BCUT2D eigenvalue weighted by atomic mass is 79.9. The molecule has 1 rings (SSSR count). The second-order valence-corrected chi connectivity index (χ2v) is 5.43. The van der Waals surface area contributed by atoms with Gasteiger partial charge < -0.3 is 4.74 Å². The Kier molecular flexibility index (Phi) is 4.65. The van der Waals surface area contributed by atoms with Gasteiger partial charge in [0.05, 0.1) is 7.11 Å². The molecule has 0 saturated carbocycles. The van der Waals surface area contributed by atoms with Gasteiger partial charge in [0.25, 0.3) is 0 Å². The van der Waals surface area contributed by atoms with Gasteiger partial charge >= 0.3 is 0 Å². The third-order valence-electron chi connectivity index (χ3n) is 2.46. The van der Waals surface area contributed by atoms with Crippen LogP contribution < -0.4 is 4.74 Å². The fourth-order valence-corrected chi connectivity index (χ4v) is 2.68. The van der Waals surface area contributed by atoms with Gasteiger partial charge in [-0.1, -0.05) is 41.9 Å². The normalized spacial score (nSPS) is 12.9. The van der Waals surface area contributed by atoms with Gasteiger partial charge in [-0.2, -0.15) is 0 Å². The van der Waals surface area contributed by atoms with Crippen molar-refractivity contribution >= 4 is 15.9 Å². The van der Waals surface area contributed by atoms with Crippen molar-refractivity contribution in [3.8, 4) is 5.75 Å². The highest BCUT2D eigenvalue weighted by Crippen LogP contribution is 2.32. The van der Waals surface area contributed by atoms with Gasteiger partial charge in [-0.05, 0) is 36.5 Å². The fraction of sp³-hybridized carbons (Fsp3) is 0.538. The molecule has 1 unspecified atom stereocenters. The minimum absolute atomic E-state index is 0.446. The lowest BCUT2D eigenvalue weighted by Crippen LogP contribution is -1.97. The first-order valence-corrected chi connectivity index (χ1v) is 6.24. The number of ether oxygens (including phenoxy) is 1. The topological polar surface area (TPSA) is 9.23 Å². The quantitative estimate of drug-likeness (QED) is 0.733. The molecule has 1 atom stereocenters. The lowest BCUT2D eigenvalue weighted by atomic mass is 10.0. The molecular weight excluding hydrogens is 252 g/mol. The van der Waals surface area contributed by atoms with E-state index in [9.17, 15) is 0 Å². The molecule has 0 saturated heterocycles. The number of benzene rings is 1. The minimum atomic E-state index is 0.446. The van der Waals surface area contributed by atoms with Gasteiger partial charge in [-0.15, -0.1) is 0 Å². The zero-order valence-corrected chi connectivity index (χ0v) is 11.5. The summed E-state index contributed by atoms with van der Waals surface area (Å²) in [6.07, 6.45) is 1.16. The van der Waals surface area contributed by atoms with E-state index in [0.717, 1.165) is 12.2 Å². The number of hydrogen-bond acceptors (Lipinski definition) is 1. The molecule has 0 radical (unpaired) electrons. The van der Waals surface area contributed by atoms with Crippen LogP contribution in [0.3, 0.4) is 0 Å². The number of aryl methyl sites for hydroxylation is 1. The molecule has 2 heteroatoms. The predicted octanol–water partition coefficient (Wildman–Crippen LogP) is 4.49. The van der Waals surface area contributed by atoms with Crippen molar-refractivity contribution in [2.45, 2.75) is 32.0 Å². The van der Waals surface area contributed by atoms with Crippen molar-refractivity contribution in [2.24, 2.45) is 5.92 Å². The van der Waals surface area contributed by atoms with Crippen LogP contribution in [-0.4, -0.2) is 7.11 Å². The molecule has 1 aromatic carbocycles. The van der Waals surface area contributed by atoms with Crippen LogP contribution in [0.25, 0.3) is 0 Å². The summed E-state index contributed by atoms with van der Waals surface area (Å²) in [4.78, 5) is 0.446. The van der Waals surface area contributed by atoms with E-state index >= 15 is 0 Å². The van der Waals surface area contributed by atoms with Gasteiger partial charge in [-0.3, -0.25) is 0 Å². The Hall–Kier alpha value is -0.500. The largest absolute Gasteiger partial charge is 0.496 e. The Balaban J connectivity index is 2.82. The number of hydrogen-bond donors (Lipinski definition) is 0. The zero-order chi connectivity index (χ0) is 11.4. The van der Waals surface area contributed by atoms with Crippen LogP contribution in [0.4, 0.5) is 0 Å². The van der Waals surface area contributed by atoms with Crippen LogP contribution in [-0.2, 0) is 0 Å². The van der Waals surface area contributed by atoms with E-state index in [4.69, 9.17) is 4.74 Å². The first kappa shape index (κ1) is 12.6. The third-order valence-corrected chi connectivity index (χ3v) is 3.36. The fourth-order valence-electron chi connectivity index (χ4n) is 1.65. The van der Waals surface area contributed by atoms with E-state index in [1.807, 2.05) is 6.07 Å². The molecule has 84 valence electrons. The Morgan fingerprint density at radius 2 is 2.00 bits per heavy atom. The van der Waals surface area contributed by atoms with Crippen LogP contribution in [0, 0.1) is 12.8 Å². The second kappa shape index (κ2) is 5.55. The molecule has 0 aromatic heterocycles. The highest BCUT2D eigenvalue weighted by Gasteiger charge is 2.10. The SMILES string of the molecule is COc1ccc(C(Br)CC(C)C)cc1C. The maximum Gasteiger partial charge on any atom is 0.121 e. The lowest BCUT2D eigenvalue weighted by Gasteiger charge is -2.14. The summed E-state index contributed by atoms with van der Waals surface area (Å²) in [5, 5.41) is 0. The van der Waals surface area contributed by atoms with E-state index in [-0.39, 0.29) is 0 Å². The Morgan fingerprint density at radius 1 is 1.33 bits per heavy atom. The molecule has 0 heterocycles. The standard InChI is InChI=1S/C13H19BrO/c1-9(2)7-12(14)11-5-6-13(15-4)10(3)8-11/h5-6,8-9,12H,7H2,1-4H3. The van der Waals surface area contributed by atoms with Crippen molar-refractivity contribution in [3.05, 3.63) is 29.3 Å². The number of methoxy groups -OCH3 is 1. The van der Waals surface area contributed by atoms with Gasteiger partial charge in [0.15, 0.2) is 0 Å². The smallest absolute Gasteiger partial charge is 0.121 e. The van der Waals surface area contributed by atoms with Crippen LogP contribution in [0.15, 0.2) is 18.2 Å². The molecule has 0 amide bonds. The summed E-state index contributed by atoms with van der Waals surface area (Å²) in [6.45, 7) is 6.56. The first-order chi connectivity index (χ1) is 7.04. The second-order valence-electron chi connectivity index (χ2n) is 4.33. The molecule has 0 N–H and O–H groups in total. The van der Waals surface area contributed by atoms with Gasteiger partial charge in [0, 0.05) is 4.83 Å². The summed E-state index contributed by atoms with van der Waals surface area (Å²) in [6, 6.07) is 6.37. The maximum atomic E-state index is 5.25. The predicted molar refractivity (Wildman–Crippen MR) is 68.9 cm³/mol. The van der Waals surface area contributed by atoms with E-state index in [1.54, 1.807) is 7.11 Å². The molecule has 1 aromatic rings. The number of halogens is 1. The van der Waals surface area contributed by atoms with E-state index < -0.39 is 0 Å². The summed E-state index contributed by atoms with van der Waals surface area (Å²) in [5.41, 5.74) is 2.53. The number of rotatable bonds is 4. The van der Waals surface area contributed by atoms with Crippen molar-refractivity contribution in [1.82, 2.24) is 0 Å². The highest BCUT2D eigenvalue weighted by molar-refractivity contribution is 9.09. The molecular formula is C13H19BrO. The van der Waals surface area contributed by atoms with Gasteiger partial charge in [-0.25, -0.2) is 0 Å². The maximum absolute atomic E-state index is 5.25. The molecule has 0 aliphatic carbocycles. The molecule has 0 aliphatic rings. The summed E-state index contributed by atoms with van der Waals surface area (Å²) < 4.78 is 5.25. The Labute approximate surface area is 101 Å². The van der Waals surface area contributed by atoms with E-state index in [2.05, 4.69) is 48.8 Å². The molecule has 0 spiro atoms. The van der Waals surface area contributed by atoms with Crippen LogP contribution in [0.2, 0.25) is 0 Å². The minimum Gasteiger partial charge on any atom is -0.496 e. The summed E-state index contributed by atoms with van der Waals surface area (Å²) >= 11 is 3.73. The summed E-state index contributed by atoms with van der Waals surface area (Å²) in [7, 11) is 1.71. The van der Waals surface area contributed by atoms with Gasteiger partial charge in [0.1, 0.15) is 5.75 Å². The monoisotopic (exact) mass is 270 g/mol. The average molecular weight is 271 g/mol. The van der Waals surface area contributed by atoms with E-state index in [0.29, 0.717) is 10.7 Å². The third kappa shape index (κ3) is 3.53. The van der Waals surface area contributed by atoms with Crippen molar-refractivity contribution < 1.29 is 4.74 Å². The molecule has 0 bridgehead atoms.